The summed E-state index contributed by atoms with van der Waals surface area (Å²) in [5.74, 6) is 0.712. The minimum absolute atomic E-state index is 0.158. The van der Waals surface area contributed by atoms with Crippen LogP contribution in [0.2, 0.25) is 0 Å². The molecule has 1 rings (SSSR count). The van der Waals surface area contributed by atoms with Crippen molar-refractivity contribution in [1.82, 2.24) is 4.90 Å². The molecule has 0 unspecified atom stereocenters. The third-order valence-corrected chi connectivity index (χ3v) is 4.06. The van der Waals surface area contributed by atoms with E-state index in [0.29, 0.717) is 17.9 Å². The van der Waals surface area contributed by atoms with E-state index in [4.69, 9.17) is 9.88 Å². The van der Waals surface area contributed by atoms with Crippen LogP contribution in [0.4, 0.5) is 0 Å². The van der Waals surface area contributed by atoms with Crippen LogP contribution >= 0.6 is 0 Å². The molecule has 0 amide bonds. The fourth-order valence-corrected chi connectivity index (χ4v) is 2.64. The van der Waals surface area contributed by atoms with Crippen LogP contribution in [0.25, 0.3) is 0 Å². The molecule has 0 spiro atoms. The van der Waals surface area contributed by atoms with E-state index in [2.05, 4.69) is 4.90 Å². The molecule has 0 saturated heterocycles. The number of ether oxygens (including phenoxy) is 1. The van der Waals surface area contributed by atoms with Gasteiger partial charge in [0.1, 0.15) is 5.75 Å². The second-order valence-corrected chi connectivity index (χ2v) is 6.39. The van der Waals surface area contributed by atoms with E-state index < -0.39 is 10.0 Å². The van der Waals surface area contributed by atoms with E-state index in [9.17, 15) is 8.42 Å². The molecule has 2 N–H and O–H groups in total. The van der Waals surface area contributed by atoms with Crippen molar-refractivity contribution in [3.8, 4) is 5.75 Å². The van der Waals surface area contributed by atoms with Gasteiger partial charge in [0, 0.05) is 6.54 Å². The lowest BCUT2D eigenvalue weighted by Crippen LogP contribution is -2.16. The molecule has 0 saturated carbocycles. The Morgan fingerprint density at radius 2 is 1.84 bits per heavy atom. The van der Waals surface area contributed by atoms with Crippen molar-refractivity contribution < 1.29 is 13.2 Å². The fraction of sp³-hybridized carbons (Fsp3) is 0.538. The summed E-state index contributed by atoms with van der Waals surface area (Å²) in [4.78, 5) is 2.25. The van der Waals surface area contributed by atoms with Gasteiger partial charge in [-0.3, -0.25) is 0 Å². The highest BCUT2D eigenvalue weighted by Crippen LogP contribution is 2.26. The van der Waals surface area contributed by atoms with Gasteiger partial charge < -0.3 is 9.64 Å². The third-order valence-electron chi connectivity index (χ3n) is 3.00. The highest BCUT2D eigenvalue weighted by atomic mass is 32.2. The third kappa shape index (κ3) is 4.49. The summed E-state index contributed by atoms with van der Waals surface area (Å²) in [5, 5.41) is 5.16. The van der Waals surface area contributed by atoms with Crippen molar-refractivity contribution in [3.05, 3.63) is 23.3 Å². The quantitative estimate of drug-likeness (QED) is 0.800. The van der Waals surface area contributed by atoms with E-state index in [0.717, 1.165) is 18.5 Å². The van der Waals surface area contributed by atoms with Crippen molar-refractivity contribution >= 4 is 10.0 Å². The van der Waals surface area contributed by atoms with E-state index in [1.165, 1.54) is 6.07 Å². The fourth-order valence-electron chi connectivity index (χ4n) is 1.80. The van der Waals surface area contributed by atoms with Gasteiger partial charge in [-0.1, -0.05) is 0 Å². The molecule has 19 heavy (non-hydrogen) atoms. The average molecular weight is 286 g/mol. The number of benzene rings is 1. The Kier molecular flexibility index (Phi) is 5.34. The van der Waals surface area contributed by atoms with Crippen LogP contribution in [-0.4, -0.2) is 40.6 Å². The SMILES string of the molecule is Cc1c(OCCCN(C)C)ccc(S(N)(=O)=O)c1C. The summed E-state index contributed by atoms with van der Waals surface area (Å²) in [6.07, 6.45) is 0.919. The molecule has 0 atom stereocenters. The normalized spacial score (nSPS) is 11.9. The van der Waals surface area contributed by atoms with Crippen molar-refractivity contribution in [2.24, 2.45) is 5.14 Å². The zero-order valence-corrected chi connectivity index (χ0v) is 12.8. The van der Waals surface area contributed by atoms with E-state index in [1.807, 2.05) is 21.0 Å². The summed E-state index contributed by atoms with van der Waals surface area (Å²) in [6, 6.07) is 3.16. The van der Waals surface area contributed by atoms with Crippen molar-refractivity contribution in [2.75, 3.05) is 27.2 Å². The van der Waals surface area contributed by atoms with Crippen LogP contribution in [0.5, 0.6) is 5.75 Å². The molecule has 1 aromatic carbocycles. The van der Waals surface area contributed by atoms with Crippen LogP contribution in [0.3, 0.4) is 0 Å². The maximum absolute atomic E-state index is 11.4. The van der Waals surface area contributed by atoms with Crippen LogP contribution < -0.4 is 9.88 Å². The van der Waals surface area contributed by atoms with Gasteiger partial charge in [-0.25, -0.2) is 13.6 Å². The van der Waals surface area contributed by atoms with Crippen LogP contribution in [0.15, 0.2) is 17.0 Å². The van der Waals surface area contributed by atoms with Crippen molar-refractivity contribution in [3.63, 3.8) is 0 Å². The van der Waals surface area contributed by atoms with Gasteiger partial charge >= 0.3 is 0 Å². The molecular formula is C13H22N2O3S. The van der Waals surface area contributed by atoms with Gasteiger partial charge in [-0.05, 0) is 57.6 Å². The predicted octanol–water partition coefficient (Wildman–Crippen LogP) is 1.28. The lowest BCUT2D eigenvalue weighted by atomic mass is 10.1. The van der Waals surface area contributed by atoms with Gasteiger partial charge in [0.15, 0.2) is 0 Å². The Morgan fingerprint density at radius 3 is 2.37 bits per heavy atom. The van der Waals surface area contributed by atoms with Gasteiger partial charge in [-0.2, -0.15) is 0 Å². The maximum Gasteiger partial charge on any atom is 0.238 e. The topological polar surface area (TPSA) is 72.6 Å². The number of sulfonamides is 1. The summed E-state index contributed by atoms with van der Waals surface area (Å²) in [6.45, 7) is 5.13. The van der Waals surface area contributed by atoms with Gasteiger partial charge in [0.25, 0.3) is 0 Å². The molecule has 5 nitrogen and oxygen atoms in total. The monoisotopic (exact) mass is 286 g/mol. The molecule has 0 aliphatic rings. The summed E-state index contributed by atoms with van der Waals surface area (Å²) >= 11 is 0. The lowest BCUT2D eigenvalue weighted by molar-refractivity contribution is 0.280. The molecule has 108 valence electrons. The highest BCUT2D eigenvalue weighted by molar-refractivity contribution is 7.89. The first kappa shape index (κ1) is 15.9. The molecular weight excluding hydrogens is 264 g/mol. The average Bonchev–Trinajstić information content (AvgIpc) is 2.27. The molecule has 0 bridgehead atoms. The van der Waals surface area contributed by atoms with Gasteiger partial charge in [0.05, 0.1) is 11.5 Å². The number of rotatable bonds is 6. The molecule has 1 aromatic rings. The first-order valence-corrected chi connectivity index (χ1v) is 7.68. The Bertz CT molecular complexity index is 539. The lowest BCUT2D eigenvalue weighted by Gasteiger charge is -2.14. The molecule has 0 aliphatic heterocycles. The Hall–Kier alpha value is -1.11. The molecule has 0 heterocycles. The Morgan fingerprint density at radius 1 is 1.21 bits per heavy atom. The number of nitrogens with two attached hydrogens (primary N) is 1. The molecule has 0 aromatic heterocycles. The second kappa shape index (κ2) is 6.36. The molecule has 0 aliphatic carbocycles. The number of hydrogen-bond acceptors (Lipinski definition) is 4. The smallest absolute Gasteiger partial charge is 0.238 e. The Labute approximate surface area is 115 Å². The van der Waals surface area contributed by atoms with E-state index in [1.54, 1.807) is 13.0 Å². The largest absolute Gasteiger partial charge is 0.493 e. The first-order valence-electron chi connectivity index (χ1n) is 6.14. The minimum Gasteiger partial charge on any atom is -0.493 e. The number of hydrogen-bond donors (Lipinski definition) is 1. The maximum atomic E-state index is 11.4. The van der Waals surface area contributed by atoms with Crippen molar-refractivity contribution in [1.29, 1.82) is 0 Å². The van der Waals surface area contributed by atoms with Crippen LogP contribution in [0, 0.1) is 13.8 Å². The standard InChI is InChI=1S/C13H22N2O3S/c1-10-11(2)13(19(14,16)17)7-6-12(10)18-9-5-8-15(3)4/h6-7H,5,8-9H2,1-4H3,(H2,14,16,17). The molecule has 0 fully saturated rings. The highest BCUT2D eigenvalue weighted by Gasteiger charge is 2.15. The molecule has 0 radical (unpaired) electrons. The molecule has 6 heteroatoms. The second-order valence-electron chi connectivity index (χ2n) is 4.86. The summed E-state index contributed by atoms with van der Waals surface area (Å²) in [7, 11) is 0.349. The predicted molar refractivity (Wildman–Crippen MR) is 76.0 cm³/mol. The van der Waals surface area contributed by atoms with Crippen LogP contribution in [0.1, 0.15) is 17.5 Å². The Balaban J connectivity index is 2.80. The zero-order valence-electron chi connectivity index (χ0n) is 11.9. The van der Waals surface area contributed by atoms with E-state index in [-0.39, 0.29) is 4.90 Å². The van der Waals surface area contributed by atoms with Crippen LogP contribution in [-0.2, 0) is 10.0 Å². The number of nitrogens with zero attached hydrogens (tertiary/aromatic N) is 1. The number of primary sulfonamides is 1. The zero-order chi connectivity index (χ0) is 14.6. The minimum atomic E-state index is -3.67. The van der Waals surface area contributed by atoms with E-state index >= 15 is 0 Å². The van der Waals surface area contributed by atoms with Gasteiger partial charge in [0.2, 0.25) is 10.0 Å². The van der Waals surface area contributed by atoms with Gasteiger partial charge in [-0.15, -0.1) is 0 Å². The summed E-state index contributed by atoms with van der Waals surface area (Å²) in [5.41, 5.74) is 1.46. The first-order chi connectivity index (χ1) is 8.73. The summed E-state index contributed by atoms with van der Waals surface area (Å²) < 4.78 is 28.4. The van der Waals surface area contributed by atoms with Crippen molar-refractivity contribution in [2.45, 2.75) is 25.2 Å².